The lowest BCUT2D eigenvalue weighted by atomic mass is 10.4. The molecule has 0 aliphatic carbocycles. The van der Waals surface area contributed by atoms with E-state index < -0.39 is 0 Å². The van der Waals surface area contributed by atoms with Crippen LogP contribution in [0.5, 0.6) is 0 Å². The van der Waals surface area contributed by atoms with Gasteiger partial charge in [-0.05, 0) is 12.5 Å². The summed E-state index contributed by atoms with van der Waals surface area (Å²) in [5.74, 6) is 0.928. The van der Waals surface area contributed by atoms with E-state index in [-0.39, 0.29) is 0 Å². The molecule has 1 heterocycles. The lowest BCUT2D eigenvalue weighted by Crippen LogP contribution is -1.70. The molecule has 2 nitrogen and oxygen atoms in total. The second-order valence-electron chi connectivity index (χ2n) is 1.79. The quantitative estimate of drug-likeness (QED) is 0.637. The summed E-state index contributed by atoms with van der Waals surface area (Å²) in [6, 6.07) is 0. The standard InChI is InChI=1S/C7H10N2/c1-2-3-4-7-8-5-6-9-7/h3-6H,2H2,1H3,(H,8,9)/b4-3+. The molecule has 0 radical (unpaired) electrons. The van der Waals surface area contributed by atoms with E-state index in [4.69, 9.17) is 0 Å². The summed E-state index contributed by atoms with van der Waals surface area (Å²) >= 11 is 0. The van der Waals surface area contributed by atoms with E-state index in [0.29, 0.717) is 0 Å². The predicted molar refractivity (Wildman–Crippen MR) is 37.9 cm³/mol. The van der Waals surface area contributed by atoms with Crippen molar-refractivity contribution in [2.45, 2.75) is 13.3 Å². The van der Waals surface area contributed by atoms with E-state index in [1.54, 1.807) is 6.20 Å². The minimum atomic E-state index is 0.928. The zero-order chi connectivity index (χ0) is 6.53. The topological polar surface area (TPSA) is 28.7 Å². The first-order chi connectivity index (χ1) is 4.43. The van der Waals surface area contributed by atoms with Gasteiger partial charge in [0.15, 0.2) is 0 Å². The van der Waals surface area contributed by atoms with Crippen molar-refractivity contribution in [2.24, 2.45) is 0 Å². The zero-order valence-electron chi connectivity index (χ0n) is 5.46. The van der Waals surface area contributed by atoms with Crippen molar-refractivity contribution < 1.29 is 0 Å². The Morgan fingerprint density at radius 1 is 1.78 bits per heavy atom. The molecule has 1 N–H and O–H groups in total. The van der Waals surface area contributed by atoms with Crippen LogP contribution in [0.1, 0.15) is 19.2 Å². The number of nitrogens with one attached hydrogen (secondary N) is 1. The molecule has 0 unspecified atom stereocenters. The van der Waals surface area contributed by atoms with Gasteiger partial charge < -0.3 is 4.98 Å². The Morgan fingerprint density at radius 3 is 3.22 bits per heavy atom. The Balaban J connectivity index is 2.57. The summed E-state index contributed by atoms with van der Waals surface area (Å²) in [6.45, 7) is 2.10. The average molecular weight is 122 g/mol. The molecule has 0 atom stereocenters. The molecule has 48 valence electrons. The highest BCUT2D eigenvalue weighted by Crippen LogP contribution is 1.92. The van der Waals surface area contributed by atoms with Crippen LogP contribution in [0.4, 0.5) is 0 Å². The third-order valence-corrected chi connectivity index (χ3v) is 1.03. The summed E-state index contributed by atoms with van der Waals surface area (Å²) in [6.07, 6.45) is 8.66. The summed E-state index contributed by atoms with van der Waals surface area (Å²) in [5, 5.41) is 0. The molecule has 0 spiro atoms. The first-order valence-electron chi connectivity index (χ1n) is 3.09. The maximum Gasteiger partial charge on any atom is 0.129 e. The van der Waals surface area contributed by atoms with Gasteiger partial charge in [-0.15, -0.1) is 0 Å². The van der Waals surface area contributed by atoms with Crippen LogP contribution in [-0.4, -0.2) is 9.97 Å². The molecule has 0 saturated heterocycles. The second-order valence-corrected chi connectivity index (χ2v) is 1.79. The number of aromatic nitrogens is 2. The van der Waals surface area contributed by atoms with Crippen LogP contribution in [0.2, 0.25) is 0 Å². The molecule has 0 fully saturated rings. The molecular formula is C7H10N2. The summed E-state index contributed by atoms with van der Waals surface area (Å²) < 4.78 is 0. The molecule has 1 rings (SSSR count). The molecule has 0 aliphatic rings. The largest absolute Gasteiger partial charge is 0.345 e. The lowest BCUT2D eigenvalue weighted by molar-refractivity contribution is 1.21. The van der Waals surface area contributed by atoms with Crippen molar-refractivity contribution in [3.05, 3.63) is 24.3 Å². The summed E-state index contributed by atoms with van der Waals surface area (Å²) in [4.78, 5) is 6.99. The highest BCUT2D eigenvalue weighted by atomic mass is 14.9. The fourth-order valence-electron chi connectivity index (χ4n) is 0.598. The van der Waals surface area contributed by atoms with Crippen LogP contribution < -0.4 is 0 Å². The minimum absolute atomic E-state index is 0.928. The highest BCUT2D eigenvalue weighted by Gasteiger charge is 1.81. The third kappa shape index (κ3) is 1.72. The molecule has 0 amide bonds. The van der Waals surface area contributed by atoms with Gasteiger partial charge in [-0.3, -0.25) is 0 Å². The SMILES string of the molecule is CC/C=C/c1ncc[nH]1. The van der Waals surface area contributed by atoms with Gasteiger partial charge in [-0.25, -0.2) is 4.98 Å². The zero-order valence-corrected chi connectivity index (χ0v) is 5.46. The average Bonchev–Trinajstić information content (AvgIpc) is 2.34. The van der Waals surface area contributed by atoms with Crippen LogP contribution in [0, 0.1) is 0 Å². The van der Waals surface area contributed by atoms with Gasteiger partial charge in [0.05, 0.1) is 0 Å². The number of hydrogen-bond donors (Lipinski definition) is 1. The van der Waals surface area contributed by atoms with Crippen LogP contribution in [0.25, 0.3) is 6.08 Å². The third-order valence-electron chi connectivity index (χ3n) is 1.03. The first kappa shape index (κ1) is 6.08. The number of allylic oxidation sites excluding steroid dienone is 1. The van der Waals surface area contributed by atoms with Crippen molar-refractivity contribution in [3.8, 4) is 0 Å². The summed E-state index contributed by atoms with van der Waals surface area (Å²) in [5.41, 5.74) is 0. The normalized spacial score (nSPS) is 10.8. The summed E-state index contributed by atoms with van der Waals surface area (Å²) in [7, 11) is 0. The van der Waals surface area contributed by atoms with Crippen molar-refractivity contribution in [2.75, 3.05) is 0 Å². The van der Waals surface area contributed by atoms with Gasteiger partial charge >= 0.3 is 0 Å². The highest BCUT2D eigenvalue weighted by molar-refractivity contribution is 5.38. The Hall–Kier alpha value is -1.05. The van der Waals surface area contributed by atoms with E-state index in [9.17, 15) is 0 Å². The van der Waals surface area contributed by atoms with Crippen LogP contribution in [0.15, 0.2) is 18.5 Å². The number of rotatable bonds is 2. The van der Waals surface area contributed by atoms with E-state index in [0.717, 1.165) is 12.2 Å². The van der Waals surface area contributed by atoms with Gasteiger partial charge in [-0.1, -0.05) is 13.0 Å². The fraction of sp³-hybridized carbons (Fsp3) is 0.286. The molecular weight excluding hydrogens is 112 g/mol. The maximum absolute atomic E-state index is 4.01. The minimum Gasteiger partial charge on any atom is -0.345 e. The number of imidazole rings is 1. The van der Waals surface area contributed by atoms with Gasteiger partial charge in [0.25, 0.3) is 0 Å². The predicted octanol–water partition coefficient (Wildman–Crippen LogP) is 1.83. The number of nitrogens with zero attached hydrogens (tertiary/aromatic N) is 1. The van der Waals surface area contributed by atoms with Gasteiger partial charge in [0.1, 0.15) is 5.82 Å². The van der Waals surface area contributed by atoms with Crippen LogP contribution in [-0.2, 0) is 0 Å². The monoisotopic (exact) mass is 122 g/mol. The van der Waals surface area contributed by atoms with Crippen LogP contribution >= 0.6 is 0 Å². The van der Waals surface area contributed by atoms with E-state index in [2.05, 4.69) is 23.0 Å². The van der Waals surface area contributed by atoms with E-state index in [1.807, 2.05) is 12.3 Å². The fourth-order valence-corrected chi connectivity index (χ4v) is 0.598. The maximum atomic E-state index is 4.01. The smallest absolute Gasteiger partial charge is 0.129 e. The van der Waals surface area contributed by atoms with Crippen LogP contribution in [0.3, 0.4) is 0 Å². The number of aromatic amines is 1. The molecule has 0 aromatic carbocycles. The Bertz CT molecular complexity index is 175. The van der Waals surface area contributed by atoms with Crippen molar-refractivity contribution in [3.63, 3.8) is 0 Å². The molecule has 0 aliphatic heterocycles. The number of H-pyrrole nitrogens is 1. The second kappa shape index (κ2) is 3.07. The molecule has 0 saturated carbocycles. The van der Waals surface area contributed by atoms with Crippen molar-refractivity contribution in [1.29, 1.82) is 0 Å². The molecule has 0 bridgehead atoms. The first-order valence-corrected chi connectivity index (χ1v) is 3.09. The van der Waals surface area contributed by atoms with Gasteiger partial charge in [0, 0.05) is 12.4 Å². The van der Waals surface area contributed by atoms with Gasteiger partial charge in [0.2, 0.25) is 0 Å². The van der Waals surface area contributed by atoms with E-state index >= 15 is 0 Å². The van der Waals surface area contributed by atoms with Gasteiger partial charge in [-0.2, -0.15) is 0 Å². The molecule has 9 heavy (non-hydrogen) atoms. The molecule has 1 aromatic rings. The Kier molecular flexibility index (Phi) is 2.07. The Labute approximate surface area is 54.6 Å². The van der Waals surface area contributed by atoms with E-state index in [1.165, 1.54) is 0 Å². The molecule has 2 heteroatoms. The van der Waals surface area contributed by atoms with Crippen molar-refractivity contribution >= 4 is 6.08 Å². The van der Waals surface area contributed by atoms with Crippen molar-refractivity contribution in [1.82, 2.24) is 9.97 Å². The molecule has 1 aromatic heterocycles. The lowest BCUT2D eigenvalue weighted by Gasteiger charge is -1.79. The Morgan fingerprint density at radius 2 is 2.67 bits per heavy atom. The number of hydrogen-bond acceptors (Lipinski definition) is 1.